The first-order valence-corrected chi connectivity index (χ1v) is 10.8. The van der Waals surface area contributed by atoms with Gasteiger partial charge >= 0.3 is 0 Å². The molecule has 1 heterocycles. The number of primary amides is 1. The molecule has 9 heteroatoms. The van der Waals surface area contributed by atoms with Gasteiger partial charge in [-0.25, -0.2) is 9.07 Å². The van der Waals surface area contributed by atoms with Crippen LogP contribution < -0.4 is 21.5 Å². The third-order valence-electron chi connectivity index (χ3n) is 5.37. The number of nitrogens with zero attached hydrogens (tertiary/aromatic N) is 2. The van der Waals surface area contributed by atoms with Gasteiger partial charge in [0.2, 0.25) is 0 Å². The molecule has 0 spiro atoms. The molecule has 0 radical (unpaired) electrons. The van der Waals surface area contributed by atoms with Gasteiger partial charge in [0.1, 0.15) is 11.6 Å². The summed E-state index contributed by atoms with van der Waals surface area (Å²) in [7, 11) is 0. The highest BCUT2D eigenvalue weighted by Crippen LogP contribution is 2.30. The van der Waals surface area contributed by atoms with E-state index in [0.717, 1.165) is 18.4 Å². The molecule has 0 bridgehead atoms. The van der Waals surface area contributed by atoms with E-state index in [1.807, 2.05) is 13.8 Å². The van der Waals surface area contributed by atoms with Crippen molar-refractivity contribution in [2.24, 2.45) is 5.73 Å². The standard InChI is InChI=1S/C24H26FN5O3.CH4/c1-13(2)21-20(26)22(23(27)31)30(29-21)16-6-3-14(4-7-16)12-28-24(32)18-11-15(25)5-10-19(18)33-17-8-9-17;/h3-7,10-11,13,17H,8-9,12,26H2,1-2H3,(H2,27,31)(H,28,32);1H4. The maximum absolute atomic E-state index is 13.7. The fourth-order valence-electron chi connectivity index (χ4n) is 3.48. The molecule has 34 heavy (non-hydrogen) atoms. The van der Waals surface area contributed by atoms with Crippen molar-refractivity contribution in [2.45, 2.75) is 52.7 Å². The van der Waals surface area contributed by atoms with Gasteiger partial charge in [0.05, 0.1) is 28.7 Å². The Morgan fingerprint density at radius 1 is 1.21 bits per heavy atom. The zero-order valence-corrected chi connectivity index (χ0v) is 18.5. The summed E-state index contributed by atoms with van der Waals surface area (Å²) >= 11 is 0. The Balaban J connectivity index is 0.00000324. The van der Waals surface area contributed by atoms with Crippen molar-refractivity contribution in [2.75, 3.05) is 5.73 Å². The van der Waals surface area contributed by atoms with Gasteiger partial charge in [-0.1, -0.05) is 33.4 Å². The molecule has 1 aliphatic carbocycles. The number of nitrogen functional groups attached to an aromatic ring is 1. The van der Waals surface area contributed by atoms with E-state index < -0.39 is 17.6 Å². The number of hydrogen-bond donors (Lipinski definition) is 3. The summed E-state index contributed by atoms with van der Waals surface area (Å²) in [6, 6.07) is 11.0. The number of hydrogen-bond acceptors (Lipinski definition) is 5. The lowest BCUT2D eigenvalue weighted by Gasteiger charge is -2.12. The van der Waals surface area contributed by atoms with E-state index in [1.54, 1.807) is 24.3 Å². The van der Waals surface area contributed by atoms with Crippen LogP contribution in [-0.4, -0.2) is 27.7 Å². The average molecular weight is 468 g/mol. The summed E-state index contributed by atoms with van der Waals surface area (Å²) in [5.74, 6) is -1.19. The maximum Gasteiger partial charge on any atom is 0.269 e. The van der Waals surface area contributed by atoms with Crippen LogP contribution in [0.25, 0.3) is 5.69 Å². The van der Waals surface area contributed by atoms with Crippen LogP contribution in [0.1, 0.15) is 72.1 Å². The topological polar surface area (TPSA) is 125 Å². The van der Waals surface area contributed by atoms with Crippen molar-refractivity contribution in [3.05, 3.63) is 70.8 Å². The number of nitrogens with two attached hydrogens (primary N) is 2. The molecule has 180 valence electrons. The van der Waals surface area contributed by atoms with Crippen molar-refractivity contribution in [1.29, 1.82) is 0 Å². The Morgan fingerprint density at radius 3 is 2.47 bits per heavy atom. The summed E-state index contributed by atoms with van der Waals surface area (Å²) in [6.45, 7) is 4.08. The number of halogens is 1. The predicted molar refractivity (Wildman–Crippen MR) is 129 cm³/mol. The van der Waals surface area contributed by atoms with Crippen LogP contribution in [0.15, 0.2) is 42.5 Å². The summed E-state index contributed by atoms with van der Waals surface area (Å²) in [4.78, 5) is 24.6. The number of carbonyl (C=O) groups is 2. The van der Waals surface area contributed by atoms with E-state index >= 15 is 0 Å². The molecule has 1 aliphatic rings. The number of ether oxygens (including phenoxy) is 1. The normalized spacial score (nSPS) is 12.8. The predicted octanol–water partition coefficient (Wildman–Crippen LogP) is 3.92. The van der Waals surface area contributed by atoms with Gasteiger partial charge in [0.25, 0.3) is 11.8 Å². The molecule has 0 atom stereocenters. The van der Waals surface area contributed by atoms with Crippen LogP contribution in [0.5, 0.6) is 5.75 Å². The number of benzene rings is 2. The van der Waals surface area contributed by atoms with Crippen LogP contribution >= 0.6 is 0 Å². The highest BCUT2D eigenvalue weighted by Gasteiger charge is 2.26. The molecule has 1 fully saturated rings. The lowest BCUT2D eigenvalue weighted by atomic mass is 10.1. The minimum absolute atomic E-state index is 0. The molecule has 0 saturated heterocycles. The van der Waals surface area contributed by atoms with Crippen molar-refractivity contribution >= 4 is 17.5 Å². The molecule has 1 saturated carbocycles. The van der Waals surface area contributed by atoms with E-state index in [4.69, 9.17) is 16.2 Å². The molecular weight excluding hydrogens is 437 g/mol. The van der Waals surface area contributed by atoms with Crippen molar-refractivity contribution in [3.8, 4) is 11.4 Å². The van der Waals surface area contributed by atoms with Crippen LogP contribution in [0, 0.1) is 5.82 Å². The highest BCUT2D eigenvalue weighted by molar-refractivity contribution is 5.98. The van der Waals surface area contributed by atoms with Gasteiger partial charge in [0.15, 0.2) is 5.69 Å². The average Bonchev–Trinajstić information content (AvgIpc) is 3.52. The zero-order valence-electron chi connectivity index (χ0n) is 18.5. The van der Waals surface area contributed by atoms with Crippen LogP contribution in [0.2, 0.25) is 0 Å². The van der Waals surface area contributed by atoms with Crippen molar-refractivity contribution < 1.29 is 18.7 Å². The highest BCUT2D eigenvalue weighted by atomic mass is 19.1. The Labute approximate surface area is 198 Å². The third kappa shape index (κ3) is 5.19. The van der Waals surface area contributed by atoms with E-state index in [0.29, 0.717) is 17.1 Å². The molecule has 2 aromatic carbocycles. The molecule has 3 aromatic rings. The Morgan fingerprint density at radius 2 is 1.88 bits per heavy atom. The molecule has 5 N–H and O–H groups in total. The fourth-order valence-corrected chi connectivity index (χ4v) is 3.48. The SMILES string of the molecule is C.CC(C)c1nn(-c2ccc(CNC(=O)c3cc(F)ccc3OC3CC3)cc2)c(C(N)=O)c1N. The van der Waals surface area contributed by atoms with E-state index in [1.165, 1.54) is 22.9 Å². The zero-order chi connectivity index (χ0) is 23.7. The van der Waals surface area contributed by atoms with E-state index in [9.17, 15) is 14.0 Å². The first-order valence-electron chi connectivity index (χ1n) is 10.8. The van der Waals surface area contributed by atoms with Crippen LogP contribution in [0.3, 0.4) is 0 Å². The van der Waals surface area contributed by atoms with Gasteiger partial charge in [-0.3, -0.25) is 9.59 Å². The second-order valence-electron chi connectivity index (χ2n) is 8.39. The number of aromatic nitrogens is 2. The molecular formula is C25H30FN5O3. The smallest absolute Gasteiger partial charge is 0.269 e. The van der Waals surface area contributed by atoms with Crippen LogP contribution in [0.4, 0.5) is 10.1 Å². The lowest BCUT2D eigenvalue weighted by Crippen LogP contribution is -2.24. The van der Waals surface area contributed by atoms with Crippen LogP contribution in [-0.2, 0) is 6.54 Å². The monoisotopic (exact) mass is 467 g/mol. The second kappa shape index (κ2) is 9.94. The van der Waals surface area contributed by atoms with Gasteiger partial charge in [0, 0.05) is 6.54 Å². The Kier molecular flexibility index (Phi) is 7.24. The van der Waals surface area contributed by atoms with Crippen molar-refractivity contribution in [1.82, 2.24) is 15.1 Å². The summed E-state index contributed by atoms with van der Waals surface area (Å²) < 4.78 is 20.9. The molecule has 2 amide bonds. The summed E-state index contributed by atoms with van der Waals surface area (Å²) in [6.07, 6.45) is 1.96. The first-order chi connectivity index (χ1) is 15.7. The summed E-state index contributed by atoms with van der Waals surface area (Å²) in [5.41, 5.74) is 14.2. The molecule has 8 nitrogen and oxygen atoms in total. The number of anilines is 1. The number of nitrogens with one attached hydrogen (secondary N) is 1. The molecule has 0 aliphatic heterocycles. The number of carbonyl (C=O) groups excluding carboxylic acids is 2. The molecule has 4 rings (SSSR count). The van der Waals surface area contributed by atoms with E-state index in [2.05, 4.69) is 10.4 Å². The minimum atomic E-state index is -0.664. The van der Waals surface area contributed by atoms with Gasteiger partial charge in [-0.15, -0.1) is 0 Å². The largest absolute Gasteiger partial charge is 0.490 e. The van der Waals surface area contributed by atoms with Crippen molar-refractivity contribution in [3.63, 3.8) is 0 Å². The molecule has 1 aromatic heterocycles. The lowest BCUT2D eigenvalue weighted by molar-refractivity contribution is 0.0944. The second-order valence-corrected chi connectivity index (χ2v) is 8.39. The number of amides is 2. The van der Waals surface area contributed by atoms with Gasteiger partial charge in [-0.05, 0) is 54.7 Å². The first kappa shape index (κ1) is 24.8. The van der Waals surface area contributed by atoms with E-state index in [-0.39, 0.29) is 42.9 Å². The maximum atomic E-state index is 13.7. The fraction of sp³-hybridized carbons (Fsp3) is 0.320. The van der Waals surface area contributed by atoms with Gasteiger partial charge < -0.3 is 21.5 Å². The third-order valence-corrected chi connectivity index (χ3v) is 5.37. The number of rotatable bonds is 8. The minimum Gasteiger partial charge on any atom is -0.490 e. The quantitative estimate of drug-likeness (QED) is 0.463. The van der Waals surface area contributed by atoms with Gasteiger partial charge in [-0.2, -0.15) is 5.10 Å². The molecule has 0 unspecified atom stereocenters. The summed E-state index contributed by atoms with van der Waals surface area (Å²) in [5, 5.41) is 7.25. The Bertz CT molecular complexity index is 1200. The Hall–Kier alpha value is -3.88.